The fraction of sp³-hybridized carbons (Fsp3) is 0.462. The van der Waals surface area contributed by atoms with Gasteiger partial charge in [-0.1, -0.05) is 20.8 Å². The van der Waals surface area contributed by atoms with Crippen LogP contribution in [0.1, 0.15) is 26.3 Å². The Morgan fingerprint density at radius 3 is 2.35 bits per heavy atom. The number of rotatable bonds is 1. The van der Waals surface area contributed by atoms with Crippen molar-refractivity contribution in [2.75, 3.05) is 14.1 Å². The van der Waals surface area contributed by atoms with Crippen LogP contribution in [-0.2, 0) is 5.41 Å². The van der Waals surface area contributed by atoms with E-state index in [4.69, 9.17) is 4.74 Å². The van der Waals surface area contributed by atoms with Gasteiger partial charge in [-0.15, -0.1) is 0 Å². The SMILES string of the molecule is CN(C)C(=O)Oc1ccc(F)c(C(C)(C)C)c1. The summed E-state index contributed by atoms with van der Waals surface area (Å²) >= 11 is 0. The van der Waals surface area contributed by atoms with Crippen LogP contribution in [-0.4, -0.2) is 25.1 Å². The zero-order chi connectivity index (χ0) is 13.2. The van der Waals surface area contributed by atoms with Crippen molar-refractivity contribution in [3.05, 3.63) is 29.6 Å². The van der Waals surface area contributed by atoms with Gasteiger partial charge < -0.3 is 9.64 Å². The molecule has 0 aliphatic rings. The molecule has 17 heavy (non-hydrogen) atoms. The van der Waals surface area contributed by atoms with Crippen LogP contribution in [0.5, 0.6) is 5.75 Å². The van der Waals surface area contributed by atoms with E-state index in [0.29, 0.717) is 11.3 Å². The van der Waals surface area contributed by atoms with Crippen LogP contribution in [0.15, 0.2) is 18.2 Å². The molecule has 0 spiro atoms. The summed E-state index contributed by atoms with van der Waals surface area (Å²) in [6.45, 7) is 5.72. The highest BCUT2D eigenvalue weighted by Crippen LogP contribution is 2.28. The average Bonchev–Trinajstić information content (AvgIpc) is 2.19. The van der Waals surface area contributed by atoms with Crippen LogP contribution in [0, 0.1) is 5.82 Å². The standard InChI is InChI=1S/C13H18FNO2/c1-13(2,3)10-8-9(6-7-11(10)14)17-12(16)15(4)5/h6-8H,1-5H3. The first kappa shape index (κ1) is 13.5. The zero-order valence-electron chi connectivity index (χ0n) is 10.9. The Kier molecular flexibility index (Phi) is 3.76. The molecule has 1 amide bonds. The van der Waals surface area contributed by atoms with Crippen LogP contribution in [0.4, 0.5) is 9.18 Å². The lowest BCUT2D eigenvalue weighted by atomic mass is 9.86. The van der Waals surface area contributed by atoms with E-state index in [2.05, 4.69) is 0 Å². The van der Waals surface area contributed by atoms with Gasteiger partial charge in [0.05, 0.1) is 0 Å². The lowest BCUT2D eigenvalue weighted by molar-refractivity contribution is 0.171. The average molecular weight is 239 g/mol. The Hall–Kier alpha value is -1.58. The molecule has 1 rings (SSSR count). The first-order chi connectivity index (χ1) is 7.71. The molecule has 3 nitrogen and oxygen atoms in total. The second-order valence-electron chi connectivity index (χ2n) is 5.15. The monoisotopic (exact) mass is 239 g/mol. The Morgan fingerprint density at radius 2 is 1.88 bits per heavy atom. The summed E-state index contributed by atoms with van der Waals surface area (Å²) in [7, 11) is 3.19. The molecule has 0 radical (unpaired) electrons. The predicted octanol–water partition coefficient (Wildman–Crippen LogP) is 3.18. The van der Waals surface area contributed by atoms with Gasteiger partial charge in [0.15, 0.2) is 0 Å². The molecule has 0 saturated carbocycles. The highest BCUT2D eigenvalue weighted by atomic mass is 19.1. The van der Waals surface area contributed by atoms with Crippen molar-refractivity contribution in [1.82, 2.24) is 4.90 Å². The third-order valence-corrected chi connectivity index (χ3v) is 2.32. The lowest BCUT2D eigenvalue weighted by Crippen LogP contribution is -2.25. The summed E-state index contributed by atoms with van der Waals surface area (Å²) in [6.07, 6.45) is -0.475. The van der Waals surface area contributed by atoms with E-state index in [1.54, 1.807) is 20.2 Å². The van der Waals surface area contributed by atoms with Crippen molar-refractivity contribution in [3.63, 3.8) is 0 Å². The van der Waals surface area contributed by atoms with Gasteiger partial charge in [0.1, 0.15) is 11.6 Å². The van der Waals surface area contributed by atoms with Gasteiger partial charge >= 0.3 is 6.09 Å². The molecule has 0 unspecified atom stereocenters. The second-order valence-corrected chi connectivity index (χ2v) is 5.15. The van der Waals surface area contributed by atoms with E-state index in [0.717, 1.165) is 0 Å². The van der Waals surface area contributed by atoms with Gasteiger partial charge in [-0.05, 0) is 29.2 Å². The molecule has 4 heteroatoms. The normalized spacial score (nSPS) is 11.2. The number of carbonyl (C=O) groups is 1. The number of benzene rings is 1. The van der Waals surface area contributed by atoms with Crippen molar-refractivity contribution in [2.24, 2.45) is 0 Å². The minimum atomic E-state index is -0.475. The smallest absolute Gasteiger partial charge is 0.410 e. The van der Waals surface area contributed by atoms with E-state index in [1.807, 2.05) is 20.8 Å². The molecule has 0 saturated heterocycles. The molecule has 0 aliphatic carbocycles. The number of hydrogen-bond donors (Lipinski definition) is 0. The van der Waals surface area contributed by atoms with Gasteiger partial charge in [0.25, 0.3) is 0 Å². The fourth-order valence-corrected chi connectivity index (χ4v) is 1.33. The van der Waals surface area contributed by atoms with E-state index in [9.17, 15) is 9.18 Å². The molecule has 0 aliphatic heterocycles. The Balaban J connectivity index is 3.01. The van der Waals surface area contributed by atoms with Crippen LogP contribution >= 0.6 is 0 Å². The minimum Gasteiger partial charge on any atom is -0.410 e. The van der Waals surface area contributed by atoms with Crippen LogP contribution in [0.25, 0.3) is 0 Å². The summed E-state index contributed by atoms with van der Waals surface area (Å²) in [5, 5.41) is 0. The van der Waals surface area contributed by atoms with Gasteiger partial charge in [-0.25, -0.2) is 9.18 Å². The zero-order valence-corrected chi connectivity index (χ0v) is 10.9. The molecule has 94 valence electrons. The third kappa shape index (κ3) is 3.44. The van der Waals surface area contributed by atoms with Crippen molar-refractivity contribution >= 4 is 6.09 Å². The summed E-state index contributed by atoms with van der Waals surface area (Å²) in [5.74, 6) is 0.0668. The summed E-state index contributed by atoms with van der Waals surface area (Å²) in [5.41, 5.74) is 0.200. The maximum Gasteiger partial charge on any atom is 0.414 e. The van der Waals surface area contributed by atoms with Crippen LogP contribution < -0.4 is 4.74 Å². The maximum absolute atomic E-state index is 13.6. The van der Waals surface area contributed by atoms with Gasteiger partial charge in [-0.2, -0.15) is 0 Å². The molecule has 0 atom stereocenters. The van der Waals surface area contributed by atoms with Crippen molar-refractivity contribution in [3.8, 4) is 5.75 Å². The highest BCUT2D eigenvalue weighted by Gasteiger charge is 2.19. The Morgan fingerprint density at radius 1 is 1.29 bits per heavy atom. The number of amides is 1. The first-order valence-corrected chi connectivity index (χ1v) is 5.41. The second kappa shape index (κ2) is 4.73. The number of hydrogen-bond acceptors (Lipinski definition) is 2. The molecule has 0 bridgehead atoms. The van der Waals surface area contributed by atoms with E-state index < -0.39 is 6.09 Å². The predicted molar refractivity (Wildman–Crippen MR) is 64.8 cm³/mol. The van der Waals surface area contributed by atoms with Crippen molar-refractivity contribution in [1.29, 1.82) is 0 Å². The topological polar surface area (TPSA) is 29.5 Å². The quantitative estimate of drug-likeness (QED) is 0.753. The van der Waals surface area contributed by atoms with Gasteiger partial charge in [0.2, 0.25) is 0 Å². The molecule has 1 aromatic rings. The van der Waals surface area contributed by atoms with Crippen molar-refractivity contribution in [2.45, 2.75) is 26.2 Å². The van der Waals surface area contributed by atoms with Gasteiger partial charge in [0, 0.05) is 14.1 Å². The summed E-state index contributed by atoms with van der Waals surface area (Å²) in [6, 6.07) is 4.33. The molecule has 0 N–H and O–H groups in total. The van der Waals surface area contributed by atoms with Gasteiger partial charge in [-0.3, -0.25) is 0 Å². The number of ether oxygens (including phenoxy) is 1. The number of nitrogens with zero attached hydrogens (tertiary/aromatic N) is 1. The fourth-order valence-electron chi connectivity index (χ4n) is 1.33. The number of carbonyl (C=O) groups excluding carboxylic acids is 1. The molecule has 1 aromatic carbocycles. The highest BCUT2D eigenvalue weighted by molar-refractivity contribution is 5.70. The third-order valence-electron chi connectivity index (χ3n) is 2.32. The van der Waals surface area contributed by atoms with Crippen LogP contribution in [0.3, 0.4) is 0 Å². The van der Waals surface area contributed by atoms with E-state index in [1.165, 1.54) is 17.0 Å². The molecular formula is C13H18FNO2. The molecular weight excluding hydrogens is 221 g/mol. The number of halogens is 1. The maximum atomic E-state index is 13.6. The van der Waals surface area contributed by atoms with E-state index in [-0.39, 0.29) is 11.2 Å². The Labute approximate surface area is 101 Å². The first-order valence-electron chi connectivity index (χ1n) is 5.41. The molecule has 0 fully saturated rings. The van der Waals surface area contributed by atoms with E-state index >= 15 is 0 Å². The van der Waals surface area contributed by atoms with Crippen molar-refractivity contribution < 1.29 is 13.9 Å². The summed E-state index contributed by atoms with van der Waals surface area (Å²) in [4.78, 5) is 12.7. The van der Waals surface area contributed by atoms with Crippen LogP contribution in [0.2, 0.25) is 0 Å². The molecule has 0 aromatic heterocycles. The summed E-state index contributed by atoms with van der Waals surface area (Å²) < 4.78 is 18.7. The minimum absolute atomic E-state index is 0.290. The molecule has 0 heterocycles. The largest absolute Gasteiger partial charge is 0.414 e. The lowest BCUT2D eigenvalue weighted by Gasteiger charge is -2.20. The Bertz CT molecular complexity index is 422.